The molecule has 0 aromatic heterocycles. The van der Waals surface area contributed by atoms with Crippen LogP contribution in [-0.4, -0.2) is 25.1 Å². The van der Waals surface area contributed by atoms with Crippen molar-refractivity contribution in [2.24, 2.45) is 5.10 Å². The second-order valence-corrected chi connectivity index (χ2v) is 7.27. The van der Waals surface area contributed by atoms with E-state index in [2.05, 4.69) is 15.8 Å². The summed E-state index contributed by atoms with van der Waals surface area (Å²) >= 11 is 12.0. The van der Waals surface area contributed by atoms with Gasteiger partial charge in [0.2, 0.25) is 0 Å². The molecule has 0 aliphatic rings. The van der Waals surface area contributed by atoms with Crippen molar-refractivity contribution in [3.05, 3.63) is 87.9 Å². The number of carbonyl (C=O) groups is 2. The maximum Gasteiger partial charge on any atom is 0.329 e. The van der Waals surface area contributed by atoms with Crippen LogP contribution < -0.4 is 20.2 Å². The lowest BCUT2D eigenvalue weighted by Crippen LogP contribution is -2.32. The van der Waals surface area contributed by atoms with Gasteiger partial charge in [0.1, 0.15) is 18.1 Å². The van der Waals surface area contributed by atoms with Crippen molar-refractivity contribution in [2.75, 3.05) is 12.4 Å². The van der Waals surface area contributed by atoms with E-state index >= 15 is 0 Å². The van der Waals surface area contributed by atoms with E-state index in [-0.39, 0.29) is 6.61 Å². The monoisotopic (exact) mass is 471 g/mol. The Morgan fingerprint density at radius 2 is 1.72 bits per heavy atom. The molecular formula is C23H19Cl2N3O4. The van der Waals surface area contributed by atoms with Gasteiger partial charge in [0, 0.05) is 11.3 Å². The minimum atomic E-state index is -0.911. The van der Waals surface area contributed by atoms with Gasteiger partial charge in [0.15, 0.2) is 0 Å². The minimum Gasteiger partial charge on any atom is -0.497 e. The van der Waals surface area contributed by atoms with Gasteiger partial charge in [0.05, 0.1) is 23.4 Å². The number of ether oxygens (including phenoxy) is 2. The summed E-state index contributed by atoms with van der Waals surface area (Å²) in [4.78, 5) is 24.0. The number of para-hydroxylation sites is 1. The molecule has 3 rings (SSSR count). The number of nitrogens with one attached hydrogen (secondary N) is 2. The summed E-state index contributed by atoms with van der Waals surface area (Å²) in [6.45, 7) is 0.262. The van der Waals surface area contributed by atoms with Gasteiger partial charge < -0.3 is 14.8 Å². The van der Waals surface area contributed by atoms with Gasteiger partial charge in [-0.25, -0.2) is 5.43 Å². The zero-order valence-corrected chi connectivity index (χ0v) is 18.5. The summed E-state index contributed by atoms with van der Waals surface area (Å²) in [6.07, 6.45) is 1.39. The van der Waals surface area contributed by atoms with Gasteiger partial charge in [-0.1, -0.05) is 41.4 Å². The first-order valence-electron chi connectivity index (χ1n) is 9.40. The zero-order valence-electron chi connectivity index (χ0n) is 17.0. The van der Waals surface area contributed by atoms with E-state index in [9.17, 15) is 9.59 Å². The number of hydrazone groups is 1. The fourth-order valence-electron chi connectivity index (χ4n) is 2.58. The molecule has 2 amide bonds. The molecule has 0 radical (unpaired) electrons. The highest BCUT2D eigenvalue weighted by molar-refractivity contribution is 6.42. The van der Waals surface area contributed by atoms with Crippen molar-refractivity contribution < 1.29 is 19.1 Å². The lowest BCUT2D eigenvalue weighted by molar-refractivity contribution is -0.136. The molecule has 2 N–H and O–H groups in total. The van der Waals surface area contributed by atoms with Crippen LogP contribution in [-0.2, 0) is 16.2 Å². The van der Waals surface area contributed by atoms with Crippen molar-refractivity contribution in [1.82, 2.24) is 5.43 Å². The van der Waals surface area contributed by atoms with Crippen LogP contribution in [0.25, 0.3) is 0 Å². The third kappa shape index (κ3) is 6.47. The zero-order chi connectivity index (χ0) is 22.9. The number of benzene rings is 3. The topological polar surface area (TPSA) is 89.0 Å². The van der Waals surface area contributed by atoms with Crippen LogP contribution in [0.1, 0.15) is 11.1 Å². The molecule has 164 valence electrons. The van der Waals surface area contributed by atoms with Gasteiger partial charge in [0.25, 0.3) is 0 Å². The molecule has 0 fully saturated rings. The minimum absolute atomic E-state index is 0.262. The number of hydrogen-bond donors (Lipinski definition) is 2. The molecule has 0 aliphatic heterocycles. The molecule has 32 heavy (non-hydrogen) atoms. The molecule has 0 spiro atoms. The Kier molecular flexibility index (Phi) is 8.08. The Labute approximate surface area is 194 Å². The second kappa shape index (κ2) is 11.2. The third-order valence-electron chi connectivity index (χ3n) is 4.22. The fourth-order valence-corrected chi connectivity index (χ4v) is 2.90. The van der Waals surface area contributed by atoms with E-state index in [1.165, 1.54) is 13.3 Å². The van der Waals surface area contributed by atoms with Gasteiger partial charge in [-0.05, 0) is 54.1 Å². The number of carbonyl (C=O) groups excluding carboxylic acids is 2. The average Bonchev–Trinajstić information content (AvgIpc) is 2.81. The second-order valence-electron chi connectivity index (χ2n) is 6.46. The van der Waals surface area contributed by atoms with E-state index in [0.29, 0.717) is 32.8 Å². The molecule has 0 unspecified atom stereocenters. The Morgan fingerprint density at radius 1 is 0.969 bits per heavy atom. The van der Waals surface area contributed by atoms with Crippen molar-refractivity contribution in [1.29, 1.82) is 0 Å². The van der Waals surface area contributed by atoms with Crippen molar-refractivity contribution in [3.63, 3.8) is 0 Å². The maximum atomic E-state index is 12.0. The smallest absolute Gasteiger partial charge is 0.329 e. The molecular weight excluding hydrogens is 453 g/mol. The summed E-state index contributed by atoms with van der Waals surface area (Å²) in [5, 5.41) is 7.23. The molecule has 3 aromatic rings. The summed E-state index contributed by atoms with van der Waals surface area (Å²) in [5.74, 6) is -0.584. The highest BCUT2D eigenvalue weighted by Gasteiger charge is 2.13. The van der Waals surface area contributed by atoms with Crippen LogP contribution in [0.2, 0.25) is 10.0 Å². The first-order chi connectivity index (χ1) is 15.5. The number of amides is 2. The lowest BCUT2D eigenvalue weighted by atomic mass is 10.2. The number of rotatable bonds is 7. The average molecular weight is 472 g/mol. The van der Waals surface area contributed by atoms with Gasteiger partial charge in [-0.3, -0.25) is 9.59 Å². The van der Waals surface area contributed by atoms with E-state index in [4.69, 9.17) is 32.7 Å². The highest BCUT2D eigenvalue weighted by Crippen LogP contribution is 2.24. The van der Waals surface area contributed by atoms with Crippen LogP contribution in [0.4, 0.5) is 5.69 Å². The van der Waals surface area contributed by atoms with Gasteiger partial charge >= 0.3 is 11.8 Å². The predicted octanol–water partition coefficient (Wildman–Crippen LogP) is 4.67. The first-order valence-corrected chi connectivity index (χ1v) is 10.2. The molecule has 3 aromatic carbocycles. The van der Waals surface area contributed by atoms with Crippen molar-refractivity contribution in [2.45, 2.75) is 6.61 Å². The van der Waals surface area contributed by atoms with E-state index < -0.39 is 11.8 Å². The number of hydrogen-bond acceptors (Lipinski definition) is 5. The third-order valence-corrected chi connectivity index (χ3v) is 4.96. The highest BCUT2D eigenvalue weighted by atomic mass is 35.5. The maximum absolute atomic E-state index is 12.0. The molecule has 0 saturated heterocycles. The van der Waals surface area contributed by atoms with Gasteiger partial charge in [-0.15, -0.1) is 0 Å². The van der Waals surface area contributed by atoms with E-state index in [1.807, 2.05) is 12.1 Å². The van der Waals surface area contributed by atoms with Gasteiger partial charge in [-0.2, -0.15) is 5.10 Å². The molecule has 0 heterocycles. The summed E-state index contributed by atoms with van der Waals surface area (Å²) < 4.78 is 10.9. The molecule has 0 aliphatic carbocycles. The van der Waals surface area contributed by atoms with Crippen LogP contribution in [0.3, 0.4) is 0 Å². The summed E-state index contributed by atoms with van der Waals surface area (Å²) in [5.41, 5.74) is 4.11. The first kappa shape index (κ1) is 23.1. The van der Waals surface area contributed by atoms with E-state index in [1.54, 1.807) is 54.6 Å². The Morgan fingerprint density at radius 3 is 2.44 bits per heavy atom. The Bertz CT molecular complexity index is 1130. The number of methoxy groups -OCH3 is 1. The van der Waals surface area contributed by atoms with Crippen molar-refractivity contribution in [3.8, 4) is 11.5 Å². The van der Waals surface area contributed by atoms with Crippen molar-refractivity contribution >= 4 is 46.9 Å². The Hall–Kier alpha value is -3.55. The largest absolute Gasteiger partial charge is 0.497 e. The predicted molar refractivity (Wildman–Crippen MR) is 125 cm³/mol. The SMILES string of the molecule is COc1ccc(NC(=O)C(=O)N/N=C\c2ccccc2OCc2ccc(Cl)c(Cl)c2)cc1. The molecule has 9 heteroatoms. The summed E-state index contributed by atoms with van der Waals surface area (Å²) in [7, 11) is 1.54. The number of nitrogens with zero attached hydrogens (tertiary/aromatic N) is 1. The number of anilines is 1. The fraction of sp³-hybridized carbons (Fsp3) is 0.0870. The molecule has 0 bridgehead atoms. The lowest BCUT2D eigenvalue weighted by Gasteiger charge is -2.09. The molecule has 7 nitrogen and oxygen atoms in total. The standard InChI is InChI=1S/C23H19Cl2N3O4/c1-31-18-9-7-17(8-10-18)27-22(29)23(30)28-26-13-16-4-2-3-5-21(16)32-14-15-6-11-19(24)20(25)12-15/h2-13H,14H2,1H3,(H,27,29)(H,28,30)/b26-13-. The molecule has 0 saturated carbocycles. The quantitative estimate of drug-likeness (QED) is 0.297. The summed E-state index contributed by atoms with van der Waals surface area (Å²) in [6, 6.07) is 18.9. The van der Waals surface area contributed by atoms with Crippen LogP contribution in [0, 0.1) is 0 Å². The number of halogens is 2. The Balaban J connectivity index is 1.56. The van der Waals surface area contributed by atoms with Crippen LogP contribution in [0.15, 0.2) is 71.8 Å². The van der Waals surface area contributed by atoms with Crippen LogP contribution in [0.5, 0.6) is 11.5 Å². The normalized spacial score (nSPS) is 10.6. The van der Waals surface area contributed by atoms with E-state index in [0.717, 1.165) is 5.56 Å². The van der Waals surface area contributed by atoms with Crippen LogP contribution >= 0.6 is 23.2 Å². The molecule has 0 atom stereocenters.